The summed E-state index contributed by atoms with van der Waals surface area (Å²) in [5, 5.41) is 3.80. The average molecular weight is 529 g/mol. The molecule has 4 rings (SSSR count). The number of piperazine rings is 1. The highest BCUT2D eigenvalue weighted by Gasteiger charge is 2.18. The second-order valence-electron chi connectivity index (χ2n) is 7.93. The number of rotatable bonds is 7. The molecular weight excluding hydrogens is 502 g/mol. The molecule has 1 amide bonds. The van der Waals surface area contributed by atoms with Gasteiger partial charge >= 0.3 is 0 Å². The number of nitrogens with one attached hydrogen (secondary N) is 1. The van der Waals surface area contributed by atoms with Crippen molar-refractivity contribution < 1.29 is 9.53 Å². The Bertz CT molecular complexity index is 1100. The predicted molar refractivity (Wildman–Crippen MR) is 139 cm³/mol. The number of hydrogen-bond acceptors (Lipinski definition) is 4. The summed E-state index contributed by atoms with van der Waals surface area (Å²) in [7, 11) is 0. The molecule has 7 heteroatoms. The highest BCUT2D eigenvalue weighted by Crippen LogP contribution is 2.27. The van der Waals surface area contributed by atoms with E-state index in [4.69, 9.17) is 16.3 Å². The monoisotopic (exact) mass is 527 g/mol. The van der Waals surface area contributed by atoms with Crippen molar-refractivity contribution in [2.45, 2.75) is 13.5 Å². The average Bonchev–Trinajstić information content (AvgIpc) is 2.83. The molecule has 0 spiro atoms. The molecular formula is C26H27BrClN3O2. The maximum Gasteiger partial charge on any atom is 0.255 e. The van der Waals surface area contributed by atoms with Gasteiger partial charge in [0.1, 0.15) is 5.75 Å². The summed E-state index contributed by atoms with van der Waals surface area (Å²) in [5.74, 6) is 0.574. The Balaban J connectivity index is 1.31. The van der Waals surface area contributed by atoms with Crippen molar-refractivity contribution in [1.82, 2.24) is 4.90 Å². The number of carbonyl (C=O) groups excluding carboxylic acids is 1. The van der Waals surface area contributed by atoms with Crippen LogP contribution in [0.5, 0.6) is 5.75 Å². The first-order valence-corrected chi connectivity index (χ1v) is 12.2. The molecule has 1 N–H and O–H groups in total. The highest BCUT2D eigenvalue weighted by atomic mass is 79.9. The normalized spacial score (nSPS) is 14.2. The molecule has 0 saturated carbocycles. The number of benzene rings is 3. The maximum atomic E-state index is 12.6. The predicted octanol–water partition coefficient (Wildman–Crippen LogP) is 6.08. The minimum absolute atomic E-state index is 0.153. The van der Waals surface area contributed by atoms with Crippen LogP contribution in [0.25, 0.3) is 0 Å². The summed E-state index contributed by atoms with van der Waals surface area (Å²) >= 11 is 9.77. The lowest BCUT2D eigenvalue weighted by molar-refractivity contribution is 0.102. The Kier molecular flexibility index (Phi) is 7.91. The van der Waals surface area contributed by atoms with Crippen molar-refractivity contribution in [3.8, 4) is 5.75 Å². The summed E-state index contributed by atoms with van der Waals surface area (Å²) in [6.45, 7) is 7.25. The van der Waals surface area contributed by atoms with E-state index in [-0.39, 0.29) is 5.91 Å². The quantitative estimate of drug-likeness (QED) is 0.404. The van der Waals surface area contributed by atoms with E-state index in [2.05, 4.69) is 49.2 Å². The topological polar surface area (TPSA) is 44.8 Å². The summed E-state index contributed by atoms with van der Waals surface area (Å²) in [6.07, 6.45) is 0. The fourth-order valence-electron chi connectivity index (χ4n) is 3.91. The number of hydrogen-bond donors (Lipinski definition) is 1. The molecule has 1 saturated heterocycles. The first-order chi connectivity index (χ1) is 16.0. The van der Waals surface area contributed by atoms with Crippen LogP contribution >= 0.6 is 27.5 Å². The van der Waals surface area contributed by atoms with E-state index >= 15 is 0 Å². The Morgan fingerprint density at radius 1 is 1.03 bits per heavy atom. The SMILES string of the molecule is CCOc1ccc(C(=O)Nc2ccc(N3CCN(Cc4ccccc4Cl)CC3)cc2)cc1Br. The van der Waals surface area contributed by atoms with Gasteiger partial charge in [-0.2, -0.15) is 0 Å². The molecule has 1 aliphatic heterocycles. The van der Waals surface area contributed by atoms with E-state index in [1.165, 1.54) is 5.56 Å². The van der Waals surface area contributed by atoms with Crippen molar-refractivity contribution in [3.63, 3.8) is 0 Å². The van der Waals surface area contributed by atoms with Crippen LogP contribution < -0.4 is 15.0 Å². The third-order valence-electron chi connectivity index (χ3n) is 5.71. The van der Waals surface area contributed by atoms with Gasteiger partial charge in [0, 0.05) is 54.7 Å². The Morgan fingerprint density at radius 2 is 1.76 bits per heavy atom. The molecule has 5 nitrogen and oxygen atoms in total. The van der Waals surface area contributed by atoms with Gasteiger partial charge < -0.3 is 15.0 Å². The first kappa shape index (κ1) is 23.6. The van der Waals surface area contributed by atoms with E-state index in [1.54, 1.807) is 18.2 Å². The fourth-order valence-corrected chi connectivity index (χ4v) is 4.59. The number of halogens is 2. The molecule has 1 aliphatic rings. The zero-order valence-corrected chi connectivity index (χ0v) is 20.9. The minimum atomic E-state index is -0.153. The van der Waals surface area contributed by atoms with E-state index in [0.29, 0.717) is 12.2 Å². The molecule has 0 bridgehead atoms. The Labute approximate surface area is 208 Å². The van der Waals surface area contributed by atoms with Crippen molar-refractivity contribution in [1.29, 1.82) is 0 Å². The molecule has 3 aromatic carbocycles. The van der Waals surface area contributed by atoms with Crippen LogP contribution in [0, 0.1) is 0 Å². The lowest BCUT2D eigenvalue weighted by Gasteiger charge is -2.36. The van der Waals surface area contributed by atoms with Gasteiger partial charge in [0.25, 0.3) is 5.91 Å². The number of anilines is 2. The molecule has 1 heterocycles. The van der Waals surface area contributed by atoms with Crippen molar-refractivity contribution >= 4 is 44.8 Å². The van der Waals surface area contributed by atoms with E-state index in [9.17, 15) is 4.79 Å². The number of nitrogens with zero attached hydrogens (tertiary/aromatic N) is 2. The van der Waals surface area contributed by atoms with E-state index < -0.39 is 0 Å². The van der Waals surface area contributed by atoms with Gasteiger partial charge in [-0.1, -0.05) is 29.8 Å². The lowest BCUT2D eigenvalue weighted by Crippen LogP contribution is -2.46. The van der Waals surface area contributed by atoms with Gasteiger partial charge in [-0.3, -0.25) is 9.69 Å². The molecule has 0 unspecified atom stereocenters. The molecule has 0 aliphatic carbocycles. The first-order valence-electron chi connectivity index (χ1n) is 11.1. The van der Waals surface area contributed by atoms with Gasteiger partial charge in [-0.05, 0) is 76.9 Å². The summed E-state index contributed by atoms with van der Waals surface area (Å²) < 4.78 is 6.27. The second-order valence-corrected chi connectivity index (χ2v) is 9.20. The standard InChI is InChI=1S/C26H27BrClN3O2/c1-2-33-25-12-7-19(17-23(25)27)26(32)29-21-8-10-22(11-9-21)31-15-13-30(14-16-31)18-20-5-3-4-6-24(20)28/h3-12,17H,2,13-16,18H2,1H3,(H,29,32). The fraction of sp³-hybridized carbons (Fsp3) is 0.269. The van der Waals surface area contributed by atoms with E-state index in [1.807, 2.05) is 37.3 Å². The Hall–Kier alpha value is -2.54. The van der Waals surface area contributed by atoms with Gasteiger partial charge in [0.15, 0.2) is 0 Å². The van der Waals surface area contributed by atoms with Crippen molar-refractivity contribution in [3.05, 3.63) is 87.4 Å². The third-order valence-corrected chi connectivity index (χ3v) is 6.70. The van der Waals surface area contributed by atoms with Gasteiger partial charge in [0.05, 0.1) is 11.1 Å². The van der Waals surface area contributed by atoms with Crippen LogP contribution in [-0.4, -0.2) is 43.6 Å². The molecule has 0 atom stereocenters. The van der Waals surface area contributed by atoms with Gasteiger partial charge in [0.2, 0.25) is 0 Å². The minimum Gasteiger partial charge on any atom is -0.493 e. The Morgan fingerprint density at radius 3 is 2.42 bits per heavy atom. The highest BCUT2D eigenvalue weighted by molar-refractivity contribution is 9.10. The summed E-state index contributed by atoms with van der Waals surface area (Å²) in [6, 6.07) is 21.4. The van der Waals surface area contributed by atoms with Crippen molar-refractivity contribution in [2.24, 2.45) is 0 Å². The van der Waals surface area contributed by atoms with Crippen LogP contribution in [0.3, 0.4) is 0 Å². The van der Waals surface area contributed by atoms with Gasteiger partial charge in [-0.25, -0.2) is 0 Å². The molecule has 3 aromatic rings. The van der Waals surface area contributed by atoms with Crippen LogP contribution in [0.4, 0.5) is 11.4 Å². The molecule has 0 radical (unpaired) electrons. The summed E-state index contributed by atoms with van der Waals surface area (Å²) in [5.41, 5.74) is 3.68. The third kappa shape index (κ3) is 6.08. The van der Waals surface area contributed by atoms with Crippen LogP contribution in [0.15, 0.2) is 71.2 Å². The zero-order chi connectivity index (χ0) is 23.2. The number of carbonyl (C=O) groups is 1. The summed E-state index contributed by atoms with van der Waals surface area (Å²) in [4.78, 5) is 17.4. The maximum absolute atomic E-state index is 12.6. The van der Waals surface area contributed by atoms with Gasteiger partial charge in [-0.15, -0.1) is 0 Å². The lowest BCUT2D eigenvalue weighted by atomic mass is 10.1. The molecule has 172 valence electrons. The molecule has 1 fully saturated rings. The van der Waals surface area contributed by atoms with Crippen LogP contribution in [0.1, 0.15) is 22.8 Å². The second kappa shape index (κ2) is 11.1. The number of ether oxygens (including phenoxy) is 1. The molecule has 33 heavy (non-hydrogen) atoms. The zero-order valence-electron chi connectivity index (χ0n) is 18.6. The van der Waals surface area contributed by atoms with Crippen molar-refractivity contribution in [2.75, 3.05) is 43.0 Å². The van der Waals surface area contributed by atoms with Crippen LogP contribution in [0.2, 0.25) is 5.02 Å². The van der Waals surface area contributed by atoms with E-state index in [0.717, 1.165) is 59.3 Å². The smallest absolute Gasteiger partial charge is 0.255 e. The molecule has 0 aromatic heterocycles. The number of amides is 1. The largest absolute Gasteiger partial charge is 0.493 e. The van der Waals surface area contributed by atoms with Crippen LogP contribution in [-0.2, 0) is 6.54 Å².